The summed E-state index contributed by atoms with van der Waals surface area (Å²) in [4.78, 5) is 0. The van der Waals surface area contributed by atoms with E-state index < -0.39 is 0 Å². The van der Waals surface area contributed by atoms with Crippen LogP contribution in [0.5, 0.6) is 5.75 Å². The maximum absolute atomic E-state index is 6.06. The van der Waals surface area contributed by atoms with Crippen LogP contribution in [0.15, 0.2) is 24.3 Å². The quantitative estimate of drug-likeness (QED) is 0.860. The van der Waals surface area contributed by atoms with Gasteiger partial charge in [0.2, 0.25) is 0 Å². The van der Waals surface area contributed by atoms with Crippen LogP contribution >= 0.6 is 0 Å². The highest BCUT2D eigenvalue weighted by molar-refractivity contribution is 5.37. The van der Waals surface area contributed by atoms with Crippen molar-refractivity contribution in [2.75, 3.05) is 6.54 Å². The zero-order valence-corrected chi connectivity index (χ0v) is 14.0. The van der Waals surface area contributed by atoms with Gasteiger partial charge in [-0.1, -0.05) is 32.0 Å². The lowest BCUT2D eigenvalue weighted by molar-refractivity contribution is 0.188. The minimum absolute atomic E-state index is 0.215. The summed E-state index contributed by atoms with van der Waals surface area (Å²) in [6.07, 6.45) is 4.04. The third kappa shape index (κ3) is 4.00. The van der Waals surface area contributed by atoms with Crippen LogP contribution < -0.4 is 10.5 Å². The molecule has 118 valence electrons. The second kappa shape index (κ2) is 7.31. The first-order valence-corrected chi connectivity index (χ1v) is 8.48. The summed E-state index contributed by atoms with van der Waals surface area (Å²) in [5, 5.41) is 0. The highest BCUT2D eigenvalue weighted by Gasteiger charge is 2.33. The Morgan fingerprint density at radius 3 is 2.48 bits per heavy atom. The monoisotopic (exact) mass is 289 g/mol. The Balaban J connectivity index is 2.27. The van der Waals surface area contributed by atoms with E-state index in [1.807, 2.05) is 0 Å². The fraction of sp³-hybridized carbons (Fsp3) is 0.684. The predicted octanol–water partition coefficient (Wildman–Crippen LogP) is 4.59. The molecule has 1 aromatic rings. The fourth-order valence-electron chi connectivity index (χ4n) is 3.68. The minimum atomic E-state index is 0.215. The average molecular weight is 289 g/mol. The SMILES string of the molecule is CC(C)Oc1ccccc1C1CC(C(C)C)CCC1CN. The van der Waals surface area contributed by atoms with Crippen molar-refractivity contribution in [1.29, 1.82) is 0 Å². The largest absolute Gasteiger partial charge is 0.491 e. The molecule has 0 heterocycles. The van der Waals surface area contributed by atoms with Crippen molar-refractivity contribution in [3.63, 3.8) is 0 Å². The van der Waals surface area contributed by atoms with Crippen molar-refractivity contribution in [2.24, 2.45) is 23.5 Å². The molecule has 21 heavy (non-hydrogen) atoms. The smallest absolute Gasteiger partial charge is 0.123 e. The topological polar surface area (TPSA) is 35.2 Å². The van der Waals surface area contributed by atoms with E-state index in [0.717, 1.165) is 24.1 Å². The molecular weight excluding hydrogens is 258 g/mol. The standard InChI is InChI=1S/C19H31NO/c1-13(2)15-9-10-16(12-20)18(11-15)17-7-5-6-8-19(17)21-14(3)4/h5-8,13-16,18H,9-12,20H2,1-4H3. The molecule has 2 heteroatoms. The minimum Gasteiger partial charge on any atom is -0.491 e. The van der Waals surface area contributed by atoms with Gasteiger partial charge in [-0.15, -0.1) is 0 Å². The number of para-hydroxylation sites is 1. The first-order chi connectivity index (χ1) is 10.0. The van der Waals surface area contributed by atoms with Gasteiger partial charge in [0.25, 0.3) is 0 Å². The Morgan fingerprint density at radius 1 is 1.14 bits per heavy atom. The normalized spacial score (nSPS) is 26.3. The molecule has 0 spiro atoms. The van der Waals surface area contributed by atoms with E-state index in [1.54, 1.807) is 0 Å². The van der Waals surface area contributed by atoms with Crippen LogP contribution in [0.3, 0.4) is 0 Å². The van der Waals surface area contributed by atoms with Crippen molar-refractivity contribution in [2.45, 2.75) is 59.0 Å². The molecular formula is C19H31NO. The van der Waals surface area contributed by atoms with Gasteiger partial charge in [-0.2, -0.15) is 0 Å². The van der Waals surface area contributed by atoms with E-state index in [-0.39, 0.29) is 6.10 Å². The molecule has 1 saturated carbocycles. The first kappa shape index (κ1) is 16.4. The van der Waals surface area contributed by atoms with Crippen LogP contribution in [0.4, 0.5) is 0 Å². The van der Waals surface area contributed by atoms with Gasteiger partial charge in [-0.3, -0.25) is 0 Å². The maximum atomic E-state index is 6.06. The Kier molecular flexibility index (Phi) is 5.69. The molecule has 0 aliphatic heterocycles. The van der Waals surface area contributed by atoms with Gasteiger partial charge in [-0.05, 0) is 75.0 Å². The van der Waals surface area contributed by atoms with Gasteiger partial charge >= 0.3 is 0 Å². The van der Waals surface area contributed by atoms with Crippen molar-refractivity contribution in [3.8, 4) is 5.75 Å². The number of nitrogens with two attached hydrogens (primary N) is 1. The Labute approximate surface area is 130 Å². The van der Waals surface area contributed by atoms with Crippen molar-refractivity contribution in [3.05, 3.63) is 29.8 Å². The zero-order chi connectivity index (χ0) is 15.4. The third-order valence-electron chi connectivity index (χ3n) is 4.96. The number of hydrogen-bond acceptors (Lipinski definition) is 2. The van der Waals surface area contributed by atoms with Crippen molar-refractivity contribution < 1.29 is 4.74 Å². The number of hydrogen-bond donors (Lipinski definition) is 1. The molecule has 0 bridgehead atoms. The van der Waals surface area contributed by atoms with Gasteiger partial charge in [-0.25, -0.2) is 0 Å². The zero-order valence-electron chi connectivity index (χ0n) is 14.0. The summed E-state index contributed by atoms with van der Waals surface area (Å²) in [7, 11) is 0. The fourth-order valence-corrected chi connectivity index (χ4v) is 3.68. The average Bonchev–Trinajstić information content (AvgIpc) is 2.46. The second-order valence-corrected chi connectivity index (χ2v) is 7.12. The van der Waals surface area contributed by atoms with Crippen LogP contribution in [0, 0.1) is 17.8 Å². The predicted molar refractivity (Wildman–Crippen MR) is 89.7 cm³/mol. The number of rotatable bonds is 5. The van der Waals surface area contributed by atoms with Crippen LogP contribution in [0.1, 0.15) is 58.4 Å². The molecule has 0 radical (unpaired) electrons. The maximum Gasteiger partial charge on any atom is 0.123 e. The Morgan fingerprint density at radius 2 is 1.86 bits per heavy atom. The van der Waals surface area contributed by atoms with Crippen molar-refractivity contribution in [1.82, 2.24) is 0 Å². The van der Waals surface area contributed by atoms with Crippen LogP contribution in [-0.4, -0.2) is 12.6 Å². The molecule has 2 rings (SSSR count). The highest BCUT2D eigenvalue weighted by Crippen LogP contribution is 2.45. The van der Waals surface area contributed by atoms with Gasteiger partial charge in [0.1, 0.15) is 5.75 Å². The van der Waals surface area contributed by atoms with E-state index in [4.69, 9.17) is 10.5 Å². The molecule has 3 unspecified atom stereocenters. The molecule has 0 saturated heterocycles. The number of benzene rings is 1. The van der Waals surface area contributed by atoms with Gasteiger partial charge in [0, 0.05) is 0 Å². The highest BCUT2D eigenvalue weighted by atomic mass is 16.5. The lowest BCUT2D eigenvalue weighted by Crippen LogP contribution is -2.31. The summed E-state index contributed by atoms with van der Waals surface area (Å²) in [5.41, 5.74) is 7.43. The molecule has 1 aromatic carbocycles. The molecule has 2 N–H and O–H groups in total. The molecule has 3 atom stereocenters. The van der Waals surface area contributed by atoms with E-state index in [0.29, 0.717) is 11.8 Å². The van der Waals surface area contributed by atoms with Crippen LogP contribution in [-0.2, 0) is 0 Å². The van der Waals surface area contributed by atoms with Gasteiger partial charge < -0.3 is 10.5 Å². The van der Waals surface area contributed by atoms with E-state index >= 15 is 0 Å². The number of ether oxygens (including phenoxy) is 1. The lowest BCUT2D eigenvalue weighted by Gasteiger charge is -2.38. The summed E-state index contributed by atoms with van der Waals surface area (Å²) >= 11 is 0. The Bertz CT molecular complexity index is 441. The lowest BCUT2D eigenvalue weighted by atomic mass is 9.68. The summed E-state index contributed by atoms with van der Waals surface area (Å²) in [5.74, 6) is 3.76. The third-order valence-corrected chi connectivity index (χ3v) is 4.96. The van der Waals surface area contributed by atoms with Crippen LogP contribution in [0.2, 0.25) is 0 Å². The van der Waals surface area contributed by atoms with Gasteiger partial charge in [0.15, 0.2) is 0 Å². The first-order valence-electron chi connectivity index (χ1n) is 8.48. The molecule has 0 aromatic heterocycles. The molecule has 1 aliphatic rings. The molecule has 1 fully saturated rings. The van der Waals surface area contributed by atoms with E-state index in [2.05, 4.69) is 52.0 Å². The molecule has 0 amide bonds. The van der Waals surface area contributed by atoms with Gasteiger partial charge in [0.05, 0.1) is 6.10 Å². The van der Waals surface area contributed by atoms with E-state index in [9.17, 15) is 0 Å². The van der Waals surface area contributed by atoms with Crippen LogP contribution in [0.25, 0.3) is 0 Å². The van der Waals surface area contributed by atoms with E-state index in [1.165, 1.54) is 24.8 Å². The summed E-state index contributed by atoms with van der Waals surface area (Å²) in [6, 6.07) is 8.56. The summed E-state index contributed by atoms with van der Waals surface area (Å²) < 4.78 is 6.05. The second-order valence-electron chi connectivity index (χ2n) is 7.12. The molecule has 2 nitrogen and oxygen atoms in total. The summed E-state index contributed by atoms with van der Waals surface area (Å²) in [6.45, 7) is 9.66. The molecule has 1 aliphatic carbocycles. The Hall–Kier alpha value is -1.02. The van der Waals surface area contributed by atoms with Crippen molar-refractivity contribution >= 4 is 0 Å².